The second kappa shape index (κ2) is 3.87. The molecular formula is C7H4NO7S-. The minimum atomic E-state index is -5.07. The van der Waals surface area contributed by atoms with Crippen molar-refractivity contribution in [3.8, 4) is 0 Å². The van der Waals surface area contributed by atoms with Gasteiger partial charge in [-0.05, 0) is 6.07 Å². The van der Waals surface area contributed by atoms with Crippen LogP contribution in [0.5, 0.6) is 0 Å². The monoisotopic (exact) mass is 246 g/mol. The first kappa shape index (κ1) is 12.1. The molecule has 16 heavy (non-hydrogen) atoms. The van der Waals surface area contributed by atoms with Crippen LogP contribution in [-0.4, -0.2) is 40.1 Å². The van der Waals surface area contributed by atoms with Crippen molar-refractivity contribution in [2.45, 2.75) is 4.90 Å². The van der Waals surface area contributed by atoms with Crippen molar-refractivity contribution < 1.29 is 32.8 Å². The number of pyridine rings is 1. The van der Waals surface area contributed by atoms with E-state index in [0.29, 0.717) is 12.3 Å². The Morgan fingerprint density at radius 3 is 2.19 bits per heavy atom. The lowest BCUT2D eigenvalue weighted by atomic mass is 10.2. The molecule has 0 saturated carbocycles. The van der Waals surface area contributed by atoms with Crippen LogP contribution in [0.25, 0.3) is 0 Å². The van der Waals surface area contributed by atoms with E-state index in [9.17, 15) is 22.6 Å². The van der Waals surface area contributed by atoms with Crippen molar-refractivity contribution in [2.75, 3.05) is 0 Å². The molecule has 8 nitrogen and oxygen atoms in total. The van der Waals surface area contributed by atoms with E-state index in [1.54, 1.807) is 0 Å². The third kappa shape index (κ3) is 2.32. The van der Waals surface area contributed by atoms with Gasteiger partial charge in [0, 0.05) is 6.20 Å². The molecule has 0 amide bonds. The van der Waals surface area contributed by atoms with E-state index in [-0.39, 0.29) is 0 Å². The number of carbonyl (C=O) groups is 2. The van der Waals surface area contributed by atoms with Crippen LogP contribution in [0, 0.1) is 0 Å². The van der Waals surface area contributed by atoms with E-state index in [4.69, 9.17) is 10.2 Å². The molecule has 0 bridgehead atoms. The molecule has 0 fully saturated rings. The Balaban J connectivity index is 3.58. The molecule has 0 aromatic carbocycles. The van der Waals surface area contributed by atoms with Gasteiger partial charge in [-0.1, -0.05) is 0 Å². The van der Waals surface area contributed by atoms with Gasteiger partial charge in [0.2, 0.25) is 0 Å². The third-order valence-corrected chi connectivity index (χ3v) is 2.46. The van der Waals surface area contributed by atoms with Crippen molar-refractivity contribution >= 4 is 22.1 Å². The minimum Gasteiger partial charge on any atom is -0.744 e. The number of rotatable bonds is 3. The third-order valence-electron chi connectivity index (χ3n) is 1.58. The number of hydrogen-bond acceptors (Lipinski definition) is 6. The van der Waals surface area contributed by atoms with Gasteiger partial charge in [-0.2, -0.15) is 0 Å². The van der Waals surface area contributed by atoms with Gasteiger partial charge in [0.1, 0.15) is 15.8 Å². The number of nitrogens with zero attached hydrogens (tertiary/aromatic N) is 1. The number of hydrogen-bond donors (Lipinski definition) is 2. The first-order valence-corrected chi connectivity index (χ1v) is 5.07. The topological polar surface area (TPSA) is 145 Å². The lowest BCUT2D eigenvalue weighted by Crippen LogP contribution is -2.12. The van der Waals surface area contributed by atoms with Gasteiger partial charge in [0.15, 0.2) is 0 Å². The summed E-state index contributed by atoms with van der Waals surface area (Å²) in [7, 11) is -5.07. The number of carboxylic acid groups (broad SMARTS) is 2. The van der Waals surface area contributed by atoms with Crippen molar-refractivity contribution in [2.24, 2.45) is 0 Å². The van der Waals surface area contributed by atoms with Crippen LogP contribution in [0.2, 0.25) is 0 Å². The second-order valence-electron chi connectivity index (χ2n) is 2.63. The predicted molar refractivity (Wildman–Crippen MR) is 46.1 cm³/mol. The minimum absolute atomic E-state index is 0.411. The molecule has 0 aliphatic rings. The van der Waals surface area contributed by atoms with E-state index in [1.165, 1.54) is 0 Å². The highest BCUT2D eigenvalue weighted by atomic mass is 32.2. The summed E-state index contributed by atoms with van der Waals surface area (Å²) in [5.41, 5.74) is -1.58. The van der Waals surface area contributed by atoms with Crippen molar-refractivity contribution in [1.82, 2.24) is 4.98 Å². The molecule has 1 rings (SSSR count). The van der Waals surface area contributed by atoms with Crippen molar-refractivity contribution in [3.05, 3.63) is 23.5 Å². The largest absolute Gasteiger partial charge is 0.744 e. The number of aromatic nitrogens is 1. The summed E-state index contributed by atoms with van der Waals surface area (Å²) in [6.07, 6.45) is 0.510. The molecule has 2 N–H and O–H groups in total. The molecular weight excluding hydrogens is 242 g/mol. The van der Waals surface area contributed by atoms with E-state index >= 15 is 0 Å². The van der Waals surface area contributed by atoms with Crippen LogP contribution in [0.4, 0.5) is 0 Å². The van der Waals surface area contributed by atoms with Crippen LogP contribution in [-0.2, 0) is 10.1 Å². The lowest BCUT2D eigenvalue weighted by Gasteiger charge is -2.10. The highest BCUT2D eigenvalue weighted by molar-refractivity contribution is 7.85. The standard InChI is InChI=1S/C7H5NO7S/c9-6(10)3-2-8-4(7(11)12)1-5(3)16(13,14)15/h1-2H,(H,9,10)(H,11,12)(H,13,14,15)/p-1. The highest BCUT2D eigenvalue weighted by Gasteiger charge is 2.18. The Morgan fingerprint density at radius 2 is 1.81 bits per heavy atom. The van der Waals surface area contributed by atoms with Gasteiger partial charge in [0.05, 0.1) is 10.5 Å². The maximum absolute atomic E-state index is 10.7. The number of carboxylic acids is 2. The summed E-state index contributed by atoms with van der Waals surface area (Å²) in [6, 6.07) is 0.411. The molecule has 0 radical (unpaired) electrons. The maximum atomic E-state index is 10.7. The SMILES string of the molecule is O=C(O)c1cc(S(=O)(=O)[O-])c(C(=O)O)cn1. The smallest absolute Gasteiger partial charge is 0.354 e. The Kier molecular flexibility index (Phi) is 2.92. The summed E-state index contributed by atoms with van der Waals surface area (Å²) in [4.78, 5) is 23.1. The van der Waals surface area contributed by atoms with Gasteiger partial charge in [0.25, 0.3) is 0 Å². The molecule has 0 aliphatic heterocycles. The lowest BCUT2D eigenvalue weighted by molar-refractivity contribution is 0.0672. The van der Waals surface area contributed by atoms with Crippen molar-refractivity contribution in [3.63, 3.8) is 0 Å². The molecule has 1 aromatic heterocycles. The van der Waals surface area contributed by atoms with E-state index < -0.39 is 38.2 Å². The number of aromatic carboxylic acids is 2. The van der Waals surface area contributed by atoms with E-state index in [2.05, 4.69) is 4.98 Å². The molecule has 9 heteroatoms. The molecule has 1 aromatic rings. The average molecular weight is 246 g/mol. The fraction of sp³-hybridized carbons (Fsp3) is 0. The summed E-state index contributed by atoms with van der Waals surface area (Å²) in [6.45, 7) is 0. The van der Waals surface area contributed by atoms with E-state index in [1.807, 2.05) is 0 Å². The highest BCUT2D eigenvalue weighted by Crippen LogP contribution is 2.15. The zero-order valence-corrected chi connectivity index (χ0v) is 8.26. The van der Waals surface area contributed by atoms with Crippen molar-refractivity contribution in [1.29, 1.82) is 0 Å². The van der Waals surface area contributed by atoms with E-state index in [0.717, 1.165) is 0 Å². The summed E-state index contributed by atoms with van der Waals surface area (Å²) < 4.78 is 32.1. The molecule has 0 atom stereocenters. The Bertz CT molecular complexity index is 562. The molecule has 0 saturated heterocycles. The summed E-state index contributed by atoms with van der Waals surface area (Å²) >= 11 is 0. The predicted octanol–water partition coefficient (Wildman–Crippen LogP) is -0.618. The van der Waals surface area contributed by atoms with Gasteiger partial charge in [-0.15, -0.1) is 0 Å². The van der Waals surface area contributed by atoms with Crippen LogP contribution in [0.3, 0.4) is 0 Å². The zero-order chi connectivity index (χ0) is 12.5. The summed E-state index contributed by atoms with van der Waals surface area (Å²) in [5, 5.41) is 17.1. The first-order chi connectivity index (χ1) is 7.23. The Morgan fingerprint density at radius 1 is 1.25 bits per heavy atom. The van der Waals surface area contributed by atoms with Gasteiger partial charge in [-0.3, -0.25) is 0 Å². The fourth-order valence-electron chi connectivity index (χ4n) is 0.921. The molecule has 0 aliphatic carbocycles. The van der Waals surface area contributed by atoms with Crippen LogP contribution >= 0.6 is 0 Å². The first-order valence-electron chi connectivity index (χ1n) is 3.66. The maximum Gasteiger partial charge on any atom is 0.354 e. The summed E-state index contributed by atoms with van der Waals surface area (Å²) in [5.74, 6) is -3.25. The van der Waals surface area contributed by atoms with Crippen LogP contribution < -0.4 is 0 Å². The second-order valence-corrected chi connectivity index (χ2v) is 3.98. The van der Waals surface area contributed by atoms with Gasteiger partial charge >= 0.3 is 11.9 Å². The van der Waals surface area contributed by atoms with Gasteiger partial charge < -0.3 is 14.8 Å². The normalized spacial score (nSPS) is 11.1. The fourth-order valence-corrected chi connectivity index (χ4v) is 1.59. The zero-order valence-electron chi connectivity index (χ0n) is 7.45. The van der Waals surface area contributed by atoms with Gasteiger partial charge in [-0.25, -0.2) is 23.0 Å². The molecule has 86 valence electrons. The Labute approximate surface area is 88.9 Å². The van der Waals surface area contributed by atoms with Crippen LogP contribution in [0.15, 0.2) is 17.2 Å². The molecule has 0 unspecified atom stereocenters. The Hall–Kier alpha value is -2.00. The quantitative estimate of drug-likeness (QED) is 0.671. The molecule has 0 spiro atoms. The molecule has 1 heterocycles. The average Bonchev–Trinajstić information content (AvgIpc) is 2.15. The van der Waals surface area contributed by atoms with Crippen LogP contribution in [0.1, 0.15) is 20.8 Å².